The summed E-state index contributed by atoms with van der Waals surface area (Å²) in [6, 6.07) is 0. The molecule has 0 radical (unpaired) electrons. The largest absolute Gasteiger partial charge is 0.342 e. The first kappa shape index (κ1) is 11.8. The Labute approximate surface area is 105 Å². The van der Waals surface area contributed by atoms with Gasteiger partial charge in [-0.25, -0.2) is 4.98 Å². The minimum atomic E-state index is 0.713. The molecule has 0 atom stereocenters. The summed E-state index contributed by atoms with van der Waals surface area (Å²) in [6.07, 6.45) is 2.51. The summed E-state index contributed by atoms with van der Waals surface area (Å²) >= 11 is 3.61. The first-order valence-corrected chi connectivity index (χ1v) is 6.51. The number of anilines is 1. The smallest absolute Gasteiger partial charge is 0.245 e. The van der Waals surface area contributed by atoms with Gasteiger partial charge in [0.25, 0.3) is 0 Å². The van der Waals surface area contributed by atoms with E-state index in [1.54, 1.807) is 0 Å². The van der Waals surface area contributed by atoms with Crippen molar-refractivity contribution in [2.24, 2.45) is 5.92 Å². The highest BCUT2D eigenvalue weighted by Crippen LogP contribution is 2.33. The van der Waals surface area contributed by atoms with Crippen molar-refractivity contribution in [3.05, 3.63) is 11.4 Å². The summed E-state index contributed by atoms with van der Waals surface area (Å²) in [5.74, 6) is 1.50. The van der Waals surface area contributed by atoms with E-state index in [4.69, 9.17) is 0 Å². The van der Waals surface area contributed by atoms with Crippen molar-refractivity contribution in [2.45, 2.75) is 31.5 Å². The Morgan fingerprint density at radius 2 is 1.94 bits per heavy atom. The van der Waals surface area contributed by atoms with Gasteiger partial charge in [0.15, 0.2) is 0 Å². The molecule has 0 spiro atoms. The summed E-state index contributed by atoms with van der Waals surface area (Å²) in [7, 11) is 2.04. The third-order valence-corrected chi connectivity index (χ3v) is 3.88. The SMILES string of the molecule is Cc1nnc(N(C)CC2CC(Br)C2)nc1C. The van der Waals surface area contributed by atoms with E-state index in [0.717, 1.165) is 29.8 Å². The predicted molar refractivity (Wildman–Crippen MR) is 68.0 cm³/mol. The van der Waals surface area contributed by atoms with Crippen molar-refractivity contribution in [1.29, 1.82) is 0 Å². The van der Waals surface area contributed by atoms with Gasteiger partial charge in [0.1, 0.15) is 0 Å². The molecular weight excluding hydrogens is 268 g/mol. The Morgan fingerprint density at radius 3 is 2.50 bits per heavy atom. The van der Waals surface area contributed by atoms with Gasteiger partial charge < -0.3 is 4.90 Å². The summed E-state index contributed by atoms with van der Waals surface area (Å²) in [5, 5.41) is 8.22. The quantitative estimate of drug-likeness (QED) is 0.798. The van der Waals surface area contributed by atoms with Crippen LogP contribution in [0.2, 0.25) is 0 Å². The Kier molecular flexibility index (Phi) is 3.42. The number of aromatic nitrogens is 3. The van der Waals surface area contributed by atoms with Crippen LogP contribution in [0.15, 0.2) is 0 Å². The van der Waals surface area contributed by atoms with Crippen LogP contribution < -0.4 is 4.90 Å². The number of hydrogen-bond acceptors (Lipinski definition) is 4. The summed E-state index contributed by atoms with van der Waals surface area (Å²) < 4.78 is 0. The second-order valence-corrected chi connectivity index (χ2v) is 5.89. The predicted octanol–water partition coefficient (Wildman–Crippen LogP) is 2.10. The van der Waals surface area contributed by atoms with Gasteiger partial charge in [-0.1, -0.05) is 15.9 Å². The Morgan fingerprint density at radius 1 is 1.25 bits per heavy atom. The van der Waals surface area contributed by atoms with Crippen LogP contribution in [-0.4, -0.2) is 33.6 Å². The Hall–Kier alpha value is -0.710. The zero-order chi connectivity index (χ0) is 11.7. The van der Waals surface area contributed by atoms with Crippen molar-refractivity contribution in [2.75, 3.05) is 18.5 Å². The monoisotopic (exact) mass is 284 g/mol. The highest BCUT2D eigenvalue weighted by atomic mass is 79.9. The van der Waals surface area contributed by atoms with Crippen molar-refractivity contribution in [3.63, 3.8) is 0 Å². The molecule has 1 aromatic rings. The topological polar surface area (TPSA) is 41.9 Å². The van der Waals surface area contributed by atoms with E-state index >= 15 is 0 Å². The van der Waals surface area contributed by atoms with E-state index < -0.39 is 0 Å². The molecule has 2 rings (SSSR count). The first-order valence-electron chi connectivity index (χ1n) is 5.59. The summed E-state index contributed by atoms with van der Waals surface area (Å²) in [6.45, 7) is 4.92. The number of halogens is 1. The lowest BCUT2D eigenvalue weighted by Crippen LogP contribution is -2.35. The molecule has 0 unspecified atom stereocenters. The maximum absolute atomic E-state index is 4.44. The molecule has 0 saturated heterocycles. The number of alkyl halides is 1. The fourth-order valence-electron chi connectivity index (χ4n) is 1.88. The van der Waals surface area contributed by atoms with Crippen LogP contribution in [0.4, 0.5) is 5.95 Å². The van der Waals surface area contributed by atoms with Crippen molar-refractivity contribution in [1.82, 2.24) is 15.2 Å². The zero-order valence-electron chi connectivity index (χ0n) is 9.94. The molecule has 1 saturated carbocycles. The van der Waals surface area contributed by atoms with Gasteiger partial charge >= 0.3 is 0 Å². The summed E-state index contributed by atoms with van der Waals surface area (Å²) in [5.41, 5.74) is 1.87. The van der Waals surface area contributed by atoms with Gasteiger partial charge in [0.05, 0.1) is 11.4 Å². The van der Waals surface area contributed by atoms with E-state index in [-0.39, 0.29) is 0 Å². The molecule has 1 aliphatic rings. The highest BCUT2D eigenvalue weighted by molar-refractivity contribution is 9.09. The van der Waals surface area contributed by atoms with Crippen LogP contribution in [-0.2, 0) is 0 Å². The molecule has 16 heavy (non-hydrogen) atoms. The van der Waals surface area contributed by atoms with Gasteiger partial charge in [-0.2, -0.15) is 5.10 Å². The number of nitrogens with zero attached hydrogens (tertiary/aromatic N) is 4. The molecule has 5 heteroatoms. The average molecular weight is 285 g/mol. The fraction of sp³-hybridized carbons (Fsp3) is 0.727. The van der Waals surface area contributed by atoms with Gasteiger partial charge in [0, 0.05) is 18.4 Å². The lowest BCUT2D eigenvalue weighted by atomic mass is 9.85. The molecule has 0 N–H and O–H groups in total. The van der Waals surface area contributed by atoms with Crippen LogP contribution >= 0.6 is 15.9 Å². The first-order chi connectivity index (χ1) is 7.56. The third-order valence-electron chi connectivity index (χ3n) is 3.13. The van der Waals surface area contributed by atoms with E-state index in [9.17, 15) is 0 Å². The van der Waals surface area contributed by atoms with E-state index in [0.29, 0.717) is 4.83 Å². The molecule has 0 amide bonds. The number of aryl methyl sites for hydroxylation is 2. The second-order valence-electron chi connectivity index (χ2n) is 4.60. The van der Waals surface area contributed by atoms with Crippen molar-refractivity contribution < 1.29 is 0 Å². The molecule has 88 valence electrons. The third kappa shape index (κ3) is 2.51. The molecule has 0 aromatic carbocycles. The van der Waals surface area contributed by atoms with E-state index in [1.165, 1.54) is 12.8 Å². The van der Waals surface area contributed by atoms with E-state index in [1.807, 2.05) is 20.9 Å². The normalized spacial score (nSPS) is 24.0. The highest BCUT2D eigenvalue weighted by Gasteiger charge is 2.28. The minimum absolute atomic E-state index is 0.713. The maximum atomic E-state index is 4.44. The maximum Gasteiger partial charge on any atom is 0.245 e. The van der Waals surface area contributed by atoms with Crippen molar-refractivity contribution in [3.8, 4) is 0 Å². The zero-order valence-corrected chi connectivity index (χ0v) is 11.5. The van der Waals surface area contributed by atoms with Crippen LogP contribution in [0.1, 0.15) is 24.2 Å². The molecule has 1 fully saturated rings. The standard InChI is InChI=1S/C11H17BrN4/c1-7-8(2)14-15-11(13-7)16(3)6-9-4-10(12)5-9/h9-10H,4-6H2,1-3H3. The molecule has 0 aliphatic heterocycles. The van der Waals surface area contributed by atoms with Crippen LogP contribution in [0.3, 0.4) is 0 Å². The molecule has 1 aromatic heterocycles. The van der Waals surface area contributed by atoms with Crippen LogP contribution in [0.25, 0.3) is 0 Å². The van der Waals surface area contributed by atoms with Gasteiger partial charge in [-0.3, -0.25) is 0 Å². The Bertz CT molecular complexity index is 376. The lowest BCUT2D eigenvalue weighted by Gasteiger charge is -2.34. The van der Waals surface area contributed by atoms with Gasteiger partial charge in [0.2, 0.25) is 5.95 Å². The van der Waals surface area contributed by atoms with E-state index in [2.05, 4.69) is 36.0 Å². The van der Waals surface area contributed by atoms with Crippen LogP contribution in [0.5, 0.6) is 0 Å². The molecule has 1 aliphatic carbocycles. The second kappa shape index (κ2) is 4.65. The molecule has 1 heterocycles. The average Bonchev–Trinajstić information content (AvgIpc) is 2.19. The number of rotatable bonds is 3. The molecule has 4 nitrogen and oxygen atoms in total. The summed E-state index contributed by atoms with van der Waals surface area (Å²) in [4.78, 5) is 7.26. The van der Waals surface area contributed by atoms with Gasteiger partial charge in [-0.15, -0.1) is 5.10 Å². The molecular formula is C11H17BrN4. The number of hydrogen-bond donors (Lipinski definition) is 0. The minimum Gasteiger partial charge on any atom is -0.342 e. The lowest BCUT2D eigenvalue weighted by molar-refractivity contribution is 0.337. The fourth-order valence-corrected chi connectivity index (χ4v) is 2.94. The van der Waals surface area contributed by atoms with Crippen LogP contribution in [0, 0.1) is 19.8 Å². The van der Waals surface area contributed by atoms with Crippen molar-refractivity contribution >= 4 is 21.9 Å². The van der Waals surface area contributed by atoms with Gasteiger partial charge in [-0.05, 0) is 32.6 Å². The Balaban J connectivity index is 1.97. The molecule has 0 bridgehead atoms.